The summed E-state index contributed by atoms with van der Waals surface area (Å²) in [5.74, 6) is 0.329. The average Bonchev–Trinajstić information content (AvgIpc) is 3.22. The molecule has 4 rings (SSSR count). The van der Waals surface area contributed by atoms with Crippen LogP contribution in [0.15, 0.2) is 24.5 Å². The Hall–Kier alpha value is -3.04. The summed E-state index contributed by atoms with van der Waals surface area (Å²) in [5, 5.41) is 7.06. The van der Waals surface area contributed by atoms with Crippen LogP contribution in [-0.2, 0) is 17.9 Å². The molecule has 29 heavy (non-hydrogen) atoms. The monoisotopic (exact) mass is 404 g/mol. The number of hydrogen-bond donors (Lipinski definition) is 1. The Morgan fingerprint density at radius 2 is 2.10 bits per heavy atom. The molecular formula is C19H22F2N6O2. The van der Waals surface area contributed by atoms with Crippen LogP contribution in [0.5, 0.6) is 0 Å². The molecule has 0 aliphatic carbocycles. The van der Waals surface area contributed by atoms with Gasteiger partial charge in [-0.05, 0) is 25.0 Å². The van der Waals surface area contributed by atoms with E-state index in [4.69, 9.17) is 0 Å². The number of nitrogens with one attached hydrogen (secondary N) is 1. The number of nitrogens with zero attached hydrogens (tertiary/aromatic N) is 5. The van der Waals surface area contributed by atoms with Crippen LogP contribution >= 0.6 is 0 Å². The third kappa shape index (κ3) is 3.66. The largest absolute Gasteiger partial charge is 0.322 e. The van der Waals surface area contributed by atoms with Gasteiger partial charge in [-0.1, -0.05) is 6.92 Å². The van der Waals surface area contributed by atoms with E-state index in [0.29, 0.717) is 19.5 Å². The minimum absolute atomic E-state index is 0.0548. The molecule has 2 aliphatic rings. The number of rotatable bonds is 3. The van der Waals surface area contributed by atoms with Crippen molar-refractivity contribution in [2.45, 2.75) is 45.8 Å². The minimum Gasteiger partial charge on any atom is -0.314 e. The third-order valence-corrected chi connectivity index (χ3v) is 5.34. The molecule has 2 aromatic heterocycles. The number of aromatic nitrogens is 3. The van der Waals surface area contributed by atoms with E-state index in [2.05, 4.69) is 15.4 Å². The smallest absolute Gasteiger partial charge is 0.314 e. The van der Waals surface area contributed by atoms with Gasteiger partial charge >= 0.3 is 6.03 Å². The zero-order valence-corrected chi connectivity index (χ0v) is 16.2. The van der Waals surface area contributed by atoms with Gasteiger partial charge in [-0.3, -0.25) is 14.5 Å². The van der Waals surface area contributed by atoms with Crippen molar-refractivity contribution in [3.8, 4) is 0 Å². The van der Waals surface area contributed by atoms with Crippen LogP contribution in [0.4, 0.5) is 25.0 Å². The Bertz CT molecular complexity index is 947. The summed E-state index contributed by atoms with van der Waals surface area (Å²) < 4.78 is 27.5. The van der Waals surface area contributed by atoms with Gasteiger partial charge in [0.25, 0.3) is 6.43 Å². The van der Waals surface area contributed by atoms with Crippen molar-refractivity contribution >= 4 is 23.3 Å². The van der Waals surface area contributed by atoms with Gasteiger partial charge in [0.15, 0.2) is 0 Å². The summed E-state index contributed by atoms with van der Waals surface area (Å²) in [6.45, 7) is 5.31. The van der Waals surface area contributed by atoms with E-state index in [1.165, 1.54) is 12.3 Å². The average molecular weight is 404 g/mol. The SMILES string of the molecule is C[C@H]1CC(=O)N(c2cnn3c2CN(C(=O)Nc2ccnc(C(F)F)c2)[C@@H](C)C3)C1. The van der Waals surface area contributed by atoms with Gasteiger partial charge in [-0.25, -0.2) is 13.6 Å². The number of hydrogen-bond acceptors (Lipinski definition) is 4. The van der Waals surface area contributed by atoms with Crippen molar-refractivity contribution in [3.63, 3.8) is 0 Å². The van der Waals surface area contributed by atoms with Crippen LogP contribution in [-0.4, -0.2) is 44.2 Å². The lowest BCUT2D eigenvalue weighted by atomic mass is 10.1. The topological polar surface area (TPSA) is 83.4 Å². The summed E-state index contributed by atoms with van der Waals surface area (Å²) in [7, 11) is 0. The fourth-order valence-electron chi connectivity index (χ4n) is 3.84. The second kappa shape index (κ2) is 7.41. The predicted octanol–water partition coefficient (Wildman–Crippen LogP) is 3.02. The van der Waals surface area contributed by atoms with Gasteiger partial charge in [-0.2, -0.15) is 5.10 Å². The lowest BCUT2D eigenvalue weighted by Crippen LogP contribution is -2.47. The van der Waals surface area contributed by atoms with Crippen LogP contribution in [0.25, 0.3) is 0 Å². The highest BCUT2D eigenvalue weighted by molar-refractivity contribution is 5.96. The van der Waals surface area contributed by atoms with E-state index in [-0.39, 0.29) is 30.1 Å². The maximum atomic E-state index is 12.9. The fourth-order valence-corrected chi connectivity index (χ4v) is 3.84. The molecule has 0 radical (unpaired) electrons. The van der Waals surface area contributed by atoms with Gasteiger partial charge in [0, 0.05) is 24.8 Å². The number of carbonyl (C=O) groups is 2. The lowest BCUT2D eigenvalue weighted by Gasteiger charge is -2.35. The Kier molecular flexibility index (Phi) is 4.93. The van der Waals surface area contributed by atoms with Crippen LogP contribution < -0.4 is 10.2 Å². The molecule has 2 aromatic rings. The molecule has 10 heteroatoms. The molecule has 2 atom stereocenters. The van der Waals surface area contributed by atoms with Gasteiger partial charge in [0.05, 0.1) is 36.7 Å². The van der Waals surface area contributed by atoms with Crippen LogP contribution in [0.2, 0.25) is 0 Å². The van der Waals surface area contributed by atoms with Gasteiger partial charge in [0.1, 0.15) is 5.69 Å². The number of amides is 3. The first kappa shape index (κ1) is 19.3. The molecule has 2 aliphatic heterocycles. The number of pyridine rings is 1. The Labute approximate surface area is 166 Å². The molecule has 3 amide bonds. The number of urea groups is 1. The Morgan fingerprint density at radius 3 is 2.79 bits per heavy atom. The minimum atomic E-state index is -2.71. The van der Waals surface area contributed by atoms with Crippen LogP contribution in [0.3, 0.4) is 0 Å². The summed E-state index contributed by atoms with van der Waals surface area (Å²) in [6, 6.07) is 2.08. The van der Waals surface area contributed by atoms with Crippen molar-refractivity contribution in [2.24, 2.45) is 5.92 Å². The zero-order valence-electron chi connectivity index (χ0n) is 16.2. The molecule has 0 saturated carbocycles. The zero-order chi connectivity index (χ0) is 20.7. The summed E-state index contributed by atoms with van der Waals surface area (Å²) in [5.41, 5.74) is 1.39. The van der Waals surface area contributed by atoms with E-state index >= 15 is 0 Å². The predicted molar refractivity (Wildman–Crippen MR) is 102 cm³/mol. The number of anilines is 2. The molecule has 1 saturated heterocycles. The molecule has 154 valence electrons. The first-order valence-corrected chi connectivity index (χ1v) is 9.50. The highest BCUT2D eigenvalue weighted by atomic mass is 19.3. The summed E-state index contributed by atoms with van der Waals surface area (Å²) >= 11 is 0. The van der Waals surface area contributed by atoms with Gasteiger partial charge in [0.2, 0.25) is 5.91 Å². The molecule has 0 aromatic carbocycles. The van der Waals surface area contributed by atoms with Gasteiger partial charge in [-0.15, -0.1) is 0 Å². The molecule has 1 N–H and O–H groups in total. The van der Waals surface area contributed by atoms with Crippen LogP contribution in [0.1, 0.15) is 38.1 Å². The molecule has 8 nitrogen and oxygen atoms in total. The second-order valence-electron chi connectivity index (χ2n) is 7.65. The van der Waals surface area contributed by atoms with Gasteiger partial charge < -0.3 is 15.1 Å². The third-order valence-electron chi connectivity index (χ3n) is 5.34. The fraction of sp³-hybridized carbons (Fsp3) is 0.474. The van der Waals surface area contributed by atoms with E-state index in [9.17, 15) is 18.4 Å². The second-order valence-corrected chi connectivity index (χ2v) is 7.65. The molecule has 0 bridgehead atoms. The lowest BCUT2D eigenvalue weighted by molar-refractivity contribution is -0.117. The number of fused-ring (bicyclic) bond motifs is 1. The number of halogens is 2. The van der Waals surface area contributed by atoms with E-state index in [1.54, 1.807) is 16.0 Å². The van der Waals surface area contributed by atoms with E-state index in [0.717, 1.165) is 17.4 Å². The maximum Gasteiger partial charge on any atom is 0.322 e. The highest BCUT2D eigenvalue weighted by Gasteiger charge is 2.35. The van der Waals surface area contributed by atoms with E-state index < -0.39 is 18.2 Å². The van der Waals surface area contributed by atoms with Crippen molar-refractivity contribution < 1.29 is 18.4 Å². The Balaban J connectivity index is 1.54. The molecule has 4 heterocycles. The molecule has 0 spiro atoms. The first-order chi connectivity index (χ1) is 13.8. The standard InChI is InChI=1S/C19H22F2N6O2/c1-11-5-17(28)26(8-11)15-7-23-27-9-12(2)25(10-16(15)27)19(29)24-13-3-4-22-14(6-13)18(20)21/h3-4,6-7,11-12,18H,5,8-10H2,1-2H3,(H,22,24,29)/t11-,12-/m0/s1. The normalized spacial score (nSPS) is 21.6. The highest BCUT2D eigenvalue weighted by Crippen LogP contribution is 2.31. The number of alkyl halides is 2. The van der Waals surface area contributed by atoms with Crippen molar-refractivity contribution in [1.29, 1.82) is 0 Å². The van der Waals surface area contributed by atoms with Crippen molar-refractivity contribution in [2.75, 3.05) is 16.8 Å². The van der Waals surface area contributed by atoms with Crippen molar-refractivity contribution in [1.82, 2.24) is 19.7 Å². The summed E-state index contributed by atoms with van der Waals surface area (Å²) in [6.07, 6.45) is 0.708. The van der Waals surface area contributed by atoms with Crippen molar-refractivity contribution in [3.05, 3.63) is 35.9 Å². The number of carbonyl (C=O) groups excluding carboxylic acids is 2. The Morgan fingerprint density at radius 1 is 1.31 bits per heavy atom. The first-order valence-electron chi connectivity index (χ1n) is 9.50. The maximum absolute atomic E-state index is 12.9. The quantitative estimate of drug-likeness (QED) is 0.852. The summed E-state index contributed by atoms with van der Waals surface area (Å²) in [4.78, 5) is 32.1. The van der Waals surface area contributed by atoms with E-state index in [1.807, 2.05) is 18.5 Å². The molecular weight excluding hydrogens is 382 g/mol. The molecule has 0 unspecified atom stereocenters. The molecule has 1 fully saturated rings. The van der Waals surface area contributed by atoms with Crippen LogP contribution in [0, 0.1) is 5.92 Å².